The molecule has 108 valence electrons. The molecule has 0 aliphatic rings. The Morgan fingerprint density at radius 3 is 1.89 bits per heavy atom. The number of nitrogens with zero attached hydrogens (tertiary/aromatic N) is 1. The molecule has 0 fully saturated rings. The topological polar surface area (TPSA) is 15.3 Å². The lowest BCUT2D eigenvalue weighted by molar-refractivity contribution is 0.285. The summed E-state index contributed by atoms with van der Waals surface area (Å²) in [5, 5.41) is 3.61. The summed E-state index contributed by atoms with van der Waals surface area (Å²) in [5.74, 6) is 0. The first-order valence-corrected chi connectivity index (χ1v) is 7.62. The van der Waals surface area contributed by atoms with Gasteiger partial charge in [-0.1, -0.05) is 31.5 Å². The average Bonchev–Trinajstić information content (AvgIpc) is 2.32. The van der Waals surface area contributed by atoms with Crippen molar-refractivity contribution in [3.05, 3.63) is 28.8 Å². The molecule has 19 heavy (non-hydrogen) atoms. The van der Waals surface area contributed by atoms with E-state index in [0.29, 0.717) is 0 Å². The second-order valence-electron chi connectivity index (χ2n) is 5.54. The maximum Gasteiger partial charge on any atom is 0.0400 e. The highest BCUT2D eigenvalue weighted by Gasteiger charge is 2.05. The Balaban J connectivity index is 2.52. The Hall–Kier alpha value is -1.02. The molecule has 0 bridgehead atoms. The van der Waals surface area contributed by atoms with E-state index in [1.165, 1.54) is 48.3 Å². The average molecular weight is 262 g/mol. The van der Waals surface area contributed by atoms with Crippen molar-refractivity contribution < 1.29 is 0 Å². The molecule has 0 unspecified atom stereocenters. The van der Waals surface area contributed by atoms with Crippen LogP contribution < -0.4 is 5.32 Å². The molecule has 0 radical (unpaired) electrons. The Bertz CT molecular complexity index is 356. The Morgan fingerprint density at radius 2 is 1.42 bits per heavy atom. The second kappa shape index (κ2) is 8.21. The van der Waals surface area contributed by atoms with Crippen LogP contribution in [-0.2, 0) is 0 Å². The summed E-state index contributed by atoms with van der Waals surface area (Å²) in [6.45, 7) is 15.6. The van der Waals surface area contributed by atoms with Crippen molar-refractivity contribution in [2.75, 3.05) is 31.5 Å². The number of aryl methyl sites for hydroxylation is 3. The van der Waals surface area contributed by atoms with Crippen molar-refractivity contribution in [3.8, 4) is 0 Å². The fourth-order valence-electron chi connectivity index (χ4n) is 2.77. The predicted octanol–water partition coefficient (Wildman–Crippen LogP) is 4.15. The zero-order valence-electron chi connectivity index (χ0n) is 13.3. The van der Waals surface area contributed by atoms with E-state index in [1.54, 1.807) is 0 Å². The van der Waals surface area contributed by atoms with Crippen LogP contribution in [0.3, 0.4) is 0 Å². The Morgan fingerprint density at radius 1 is 0.895 bits per heavy atom. The molecular formula is C17H30N2. The van der Waals surface area contributed by atoms with E-state index in [0.717, 1.165) is 13.1 Å². The Labute approximate surface area is 119 Å². The number of hydrogen-bond acceptors (Lipinski definition) is 2. The van der Waals surface area contributed by atoms with Gasteiger partial charge in [0, 0.05) is 18.8 Å². The Kier molecular flexibility index (Phi) is 6.93. The van der Waals surface area contributed by atoms with E-state index in [9.17, 15) is 0 Å². The summed E-state index contributed by atoms with van der Waals surface area (Å²) < 4.78 is 0. The number of benzene rings is 1. The molecule has 1 aromatic carbocycles. The SMILES string of the molecule is CCCN(CCC)CCNc1c(C)cc(C)cc1C. The highest BCUT2D eigenvalue weighted by molar-refractivity contribution is 5.58. The van der Waals surface area contributed by atoms with E-state index in [-0.39, 0.29) is 0 Å². The molecule has 0 amide bonds. The number of hydrogen-bond donors (Lipinski definition) is 1. The standard InChI is InChI=1S/C17H30N2/c1-6-9-19(10-7-2)11-8-18-17-15(4)12-14(3)13-16(17)5/h12-13,18H,6-11H2,1-5H3. The molecule has 1 aromatic rings. The molecule has 1 rings (SSSR count). The molecule has 0 saturated carbocycles. The van der Waals surface area contributed by atoms with Crippen LogP contribution in [0.4, 0.5) is 5.69 Å². The minimum atomic E-state index is 1.03. The first kappa shape index (κ1) is 16.0. The molecular weight excluding hydrogens is 232 g/mol. The molecule has 1 N–H and O–H groups in total. The zero-order valence-corrected chi connectivity index (χ0v) is 13.3. The van der Waals surface area contributed by atoms with E-state index in [1.807, 2.05) is 0 Å². The highest BCUT2D eigenvalue weighted by Crippen LogP contribution is 2.21. The summed E-state index contributed by atoms with van der Waals surface area (Å²) in [4.78, 5) is 2.55. The molecule has 2 nitrogen and oxygen atoms in total. The van der Waals surface area contributed by atoms with E-state index >= 15 is 0 Å². The summed E-state index contributed by atoms with van der Waals surface area (Å²) in [6.07, 6.45) is 2.48. The van der Waals surface area contributed by atoms with Gasteiger partial charge in [-0.3, -0.25) is 0 Å². The number of anilines is 1. The summed E-state index contributed by atoms with van der Waals surface area (Å²) in [6, 6.07) is 4.51. The zero-order chi connectivity index (χ0) is 14.3. The van der Waals surface area contributed by atoms with Gasteiger partial charge < -0.3 is 10.2 Å². The van der Waals surface area contributed by atoms with Crippen molar-refractivity contribution in [1.82, 2.24) is 4.90 Å². The number of rotatable bonds is 8. The van der Waals surface area contributed by atoms with Gasteiger partial charge in [-0.25, -0.2) is 0 Å². The van der Waals surface area contributed by atoms with Crippen LogP contribution in [0.15, 0.2) is 12.1 Å². The van der Waals surface area contributed by atoms with Gasteiger partial charge in [0.1, 0.15) is 0 Å². The predicted molar refractivity (Wildman–Crippen MR) is 86.2 cm³/mol. The van der Waals surface area contributed by atoms with Gasteiger partial charge in [0.05, 0.1) is 0 Å². The molecule has 0 atom stereocenters. The normalized spacial score (nSPS) is 11.1. The van der Waals surface area contributed by atoms with Crippen molar-refractivity contribution in [1.29, 1.82) is 0 Å². The smallest absolute Gasteiger partial charge is 0.0400 e. The van der Waals surface area contributed by atoms with Crippen molar-refractivity contribution in [2.45, 2.75) is 47.5 Å². The lowest BCUT2D eigenvalue weighted by Crippen LogP contribution is -2.30. The lowest BCUT2D eigenvalue weighted by Gasteiger charge is -2.22. The molecule has 0 saturated heterocycles. The van der Waals surface area contributed by atoms with Gasteiger partial charge >= 0.3 is 0 Å². The number of nitrogens with one attached hydrogen (secondary N) is 1. The van der Waals surface area contributed by atoms with Crippen molar-refractivity contribution in [2.24, 2.45) is 0 Å². The van der Waals surface area contributed by atoms with Crippen LogP contribution in [0, 0.1) is 20.8 Å². The van der Waals surface area contributed by atoms with Crippen LogP contribution in [0.1, 0.15) is 43.4 Å². The molecule has 0 aromatic heterocycles. The largest absolute Gasteiger partial charge is 0.383 e. The van der Waals surface area contributed by atoms with Gasteiger partial charge in [0.2, 0.25) is 0 Å². The van der Waals surface area contributed by atoms with Crippen molar-refractivity contribution in [3.63, 3.8) is 0 Å². The highest BCUT2D eigenvalue weighted by atomic mass is 15.1. The summed E-state index contributed by atoms with van der Waals surface area (Å²) in [7, 11) is 0. The quantitative estimate of drug-likeness (QED) is 0.757. The first-order valence-electron chi connectivity index (χ1n) is 7.62. The third-order valence-corrected chi connectivity index (χ3v) is 3.49. The van der Waals surface area contributed by atoms with E-state index in [2.05, 4.69) is 57.0 Å². The van der Waals surface area contributed by atoms with Crippen LogP contribution >= 0.6 is 0 Å². The minimum absolute atomic E-state index is 1.03. The summed E-state index contributed by atoms with van der Waals surface area (Å²) >= 11 is 0. The first-order chi connectivity index (χ1) is 9.08. The van der Waals surface area contributed by atoms with Crippen LogP contribution in [0.5, 0.6) is 0 Å². The van der Waals surface area contributed by atoms with Crippen molar-refractivity contribution >= 4 is 5.69 Å². The molecule has 0 aliphatic heterocycles. The third kappa shape index (κ3) is 5.23. The molecule has 0 aliphatic carbocycles. The van der Waals surface area contributed by atoms with Gasteiger partial charge in [0.15, 0.2) is 0 Å². The van der Waals surface area contributed by atoms with Gasteiger partial charge in [-0.15, -0.1) is 0 Å². The van der Waals surface area contributed by atoms with Crippen LogP contribution in [0.2, 0.25) is 0 Å². The maximum absolute atomic E-state index is 3.61. The monoisotopic (exact) mass is 262 g/mol. The fraction of sp³-hybridized carbons (Fsp3) is 0.647. The molecule has 2 heteroatoms. The maximum atomic E-state index is 3.61. The van der Waals surface area contributed by atoms with E-state index < -0.39 is 0 Å². The van der Waals surface area contributed by atoms with Gasteiger partial charge in [0.25, 0.3) is 0 Å². The van der Waals surface area contributed by atoms with E-state index in [4.69, 9.17) is 0 Å². The molecule has 0 spiro atoms. The lowest BCUT2D eigenvalue weighted by atomic mass is 10.1. The van der Waals surface area contributed by atoms with Gasteiger partial charge in [-0.2, -0.15) is 0 Å². The minimum Gasteiger partial charge on any atom is -0.383 e. The van der Waals surface area contributed by atoms with Crippen LogP contribution in [-0.4, -0.2) is 31.1 Å². The summed E-state index contributed by atoms with van der Waals surface area (Å²) in [5.41, 5.74) is 5.38. The third-order valence-electron chi connectivity index (χ3n) is 3.49. The second-order valence-corrected chi connectivity index (χ2v) is 5.54. The molecule has 0 heterocycles. The van der Waals surface area contributed by atoms with Gasteiger partial charge in [-0.05, 0) is 57.8 Å². The fourth-order valence-corrected chi connectivity index (χ4v) is 2.77. The van der Waals surface area contributed by atoms with Crippen LogP contribution in [0.25, 0.3) is 0 Å².